The number of methoxy groups -OCH3 is 2. The number of hydrogen-bond donors (Lipinski definition) is 0. The lowest BCUT2D eigenvalue weighted by Gasteiger charge is -2.45. The zero-order valence-corrected chi connectivity index (χ0v) is 19.8. The predicted octanol–water partition coefficient (Wildman–Crippen LogP) is 4.42. The Labute approximate surface area is 199 Å². The first-order valence-electron chi connectivity index (χ1n) is 11.6. The summed E-state index contributed by atoms with van der Waals surface area (Å²) in [7, 11) is 3.22. The minimum Gasteiger partial charge on any atom is -0.493 e. The highest BCUT2D eigenvalue weighted by Crippen LogP contribution is 2.45. The molecule has 0 aliphatic carbocycles. The van der Waals surface area contributed by atoms with Gasteiger partial charge in [-0.2, -0.15) is 0 Å². The maximum Gasteiger partial charge on any atom is 0.253 e. The van der Waals surface area contributed by atoms with E-state index in [1.54, 1.807) is 32.4 Å². The average molecular weight is 463 g/mol. The van der Waals surface area contributed by atoms with Gasteiger partial charge in [-0.15, -0.1) is 0 Å². The average Bonchev–Trinajstić information content (AvgIpc) is 3.39. The second-order valence-corrected chi connectivity index (χ2v) is 8.84. The van der Waals surface area contributed by atoms with E-state index in [0.29, 0.717) is 36.8 Å². The molecule has 0 radical (unpaired) electrons. The summed E-state index contributed by atoms with van der Waals surface area (Å²) in [4.78, 5) is 15.2. The van der Waals surface area contributed by atoms with Crippen LogP contribution < -0.4 is 14.2 Å². The van der Waals surface area contributed by atoms with Gasteiger partial charge in [0.05, 0.1) is 24.6 Å². The second kappa shape index (κ2) is 9.06. The van der Waals surface area contributed by atoms with Crippen molar-refractivity contribution < 1.29 is 23.7 Å². The zero-order valence-electron chi connectivity index (χ0n) is 19.8. The Hall–Kier alpha value is -3.45. The predicted molar refractivity (Wildman–Crippen MR) is 128 cm³/mol. The number of amides is 1. The molecule has 2 aliphatic rings. The standard InChI is InChI=1S/C27H30N2O5/c1-19(31-2)18-33-23-11-10-20(17-24(23)32-3)26(30)28-15-12-27(13-16-28)25-9-6-14-29(25)21-7-4-5-8-22(21)34-27/h4-11,14,17,19H,12-13,15-16,18H2,1-3H3/t19-/m1/s1. The Morgan fingerprint density at radius 1 is 1.06 bits per heavy atom. The smallest absolute Gasteiger partial charge is 0.253 e. The summed E-state index contributed by atoms with van der Waals surface area (Å²) >= 11 is 0. The van der Waals surface area contributed by atoms with E-state index in [-0.39, 0.29) is 12.0 Å². The van der Waals surface area contributed by atoms with E-state index >= 15 is 0 Å². The van der Waals surface area contributed by atoms with Crippen LogP contribution in [0.3, 0.4) is 0 Å². The van der Waals surface area contributed by atoms with Crippen molar-refractivity contribution in [3.8, 4) is 22.9 Å². The number of piperidine rings is 1. The van der Waals surface area contributed by atoms with Crippen LogP contribution in [0.15, 0.2) is 60.8 Å². The van der Waals surface area contributed by atoms with Gasteiger partial charge in [0.25, 0.3) is 5.91 Å². The third kappa shape index (κ3) is 3.90. The minimum absolute atomic E-state index is 0.0171. The first-order chi connectivity index (χ1) is 16.5. The molecule has 0 bridgehead atoms. The number of nitrogens with zero attached hydrogens (tertiary/aromatic N) is 2. The summed E-state index contributed by atoms with van der Waals surface area (Å²) in [6, 6.07) is 17.6. The van der Waals surface area contributed by atoms with Crippen molar-refractivity contribution in [2.24, 2.45) is 0 Å². The van der Waals surface area contributed by atoms with Crippen LogP contribution in [0.5, 0.6) is 17.2 Å². The molecule has 5 rings (SSSR count). The van der Waals surface area contributed by atoms with E-state index in [4.69, 9.17) is 18.9 Å². The lowest BCUT2D eigenvalue weighted by Crippen LogP contribution is -2.50. The summed E-state index contributed by atoms with van der Waals surface area (Å²) in [6.07, 6.45) is 3.50. The molecular weight excluding hydrogens is 432 g/mol. The maximum absolute atomic E-state index is 13.3. The van der Waals surface area contributed by atoms with Crippen LogP contribution in [0.1, 0.15) is 35.8 Å². The number of hydrogen-bond acceptors (Lipinski definition) is 5. The molecule has 1 atom stereocenters. The molecule has 7 heteroatoms. The molecule has 178 valence electrons. The summed E-state index contributed by atoms with van der Waals surface area (Å²) in [5.74, 6) is 1.99. The number of aromatic nitrogens is 1. The van der Waals surface area contributed by atoms with Gasteiger partial charge in [-0.1, -0.05) is 12.1 Å². The summed E-state index contributed by atoms with van der Waals surface area (Å²) in [6.45, 7) is 3.55. The fourth-order valence-corrected chi connectivity index (χ4v) is 4.77. The van der Waals surface area contributed by atoms with Gasteiger partial charge in [0, 0.05) is 44.8 Å². The molecule has 1 fully saturated rings. The van der Waals surface area contributed by atoms with Crippen molar-refractivity contribution in [3.05, 3.63) is 72.1 Å². The Bertz CT molecular complexity index is 1180. The van der Waals surface area contributed by atoms with Crippen molar-refractivity contribution in [1.29, 1.82) is 0 Å². The number of benzene rings is 2. The largest absolute Gasteiger partial charge is 0.493 e. The molecule has 3 aromatic rings. The van der Waals surface area contributed by atoms with Gasteiger partial charge in [-0.25, -0.2) is 0 Å². The molecule has 1 aromatic heterocycles. The van der Waals surface area contributed by atoms with Gasteiger partial charge >= 0.3 is 0 Å². The third-order valence-corrected chi connectivity index (χ3v) is 6.79. The van der Waals surface area contributed by atoms with Gasteiger partial charge in [-0.05, 0) is 49.4 Å². The highest BCUT2D eigenvalue weighted by Gasteiger charge is 2.44. The van der Waals surface area contributed by atoms with Crippen LogP contribution in [0.25, 0.3) is 5.69 Å². The first kappa shape index (κ1) is 22.3. The number of fused-ring (bicyclic) bond motifs is 4. The van der Waals surface area contributed by atoms with Crippen molar-refractivity contribution in [1.82, 2.24) is 9.47 Å². The van der Waals surface area contributed by atoms with E-state index in [0.717, 1.165) is 30.0 Å². The number of para-hydroxylation sites is 2. The zero-order chi connectivity index (χ0) is 23.7. The number of carbonyl (C=O) groups is 1. The second-order valence-electron chi connectivity index (χ2n) is 8.84. The lowest BCUT2D eigenvalue weighted by atomic mass is 9.86. The van der Waals surface area contributed by atoms with Gasteiger partial charge in [0.1, 0.15) is 12.4 Å². The molecule has 7 nitrogen and oxygen atoms in total. The molecule has 34 heavy (non-hydrogen) atoms. The van der Waals surface area contributed by atoms with E-state index in [1.165, 1.54) is 0 Å². The number of carbonyl (C=O) groups excluding carboxylic acids is 1. The first-order valence-corrected chi connectivity index (χ1v) is 11.6. The SMILES string of the molecule is COc1cc(C(=O)N2CCC3(CC2)Oc2ccccc2-n2cccc23)ccc1OC[C@@H](C)OC. The number of rotatable bonds is 6. The number of likely N-dealkylation sites (tertiary alicyclic amines) is 1. The topological polar surface area (TPSA) is 62.2 Å². The van der Waals surface area contributed by atoms with Gasteiger partial charge in [0.2, 0.25) is 0 Å². The van der Waals surface area contributed by atoms with Crippen LogP contribution in [0, 0.1) is 0 Å². The normalized spacial score (nSPS) is 16.9. The Morgan fingerprint density at radius 3 is 2.62 bits per heavy atom. The fraction of sp³-hybridized carbons (Fsp3) is 0.370. The van der Waals surface area contributed by atoms with Crippen LogP contribution in [0.4, 0.5) is 0 Å². The molecule has 1 amide bonds. The van der Waals surface area contributed by atoms with Crippen LogP contribution in [0.2, 0.25) is 0 Å². The van der Waals surface area contributed by atoms with E-state index < -0.39 is 5.60 Å². The monoisotopic (exact) mass is 462 g/mol. The summed E-state index contributed by atoms with van der Waals surface area (Å²) < 4.78 is 25.3. The Balaban J connectivity index is 1.31. The minimum atomic E-state index is -0.429. The number of ether oxygens (including phenoxy) is 4. The van der Waals surface area contributed by atoms with Gasteiger partial charge in [-0.3, -0.25) is 4.79 Å². The van der Waals surface area contributed by atoms with Gasteiger partial charge < -0.3 is 28.4 Å². The lowest BCUT2D eigenvalue weighted by molar-refractivity contribution is -0.00932. The molecule has 2 aromatic carbocycles. The van der Waals surface area contributed by atoms with Crippen molar-refractivity contribution >= 4 is 5.91 Å². The fourth-order valence-electron chi connectivity index (χ4n) is 4.77. The quantitative estimate of drug-likeness (QED) is 0.543. The van der Waals surface area contributed by atoms with Crippen LogP contribution in [-0.2, 0) is 10.3 Å². The highest BCUT2D eigenvalue weighted by molar-refractivity contribution is 5.95. The molecule has 2 aliphatic heterocycles. The van der Waals surface area contributed by atoms with Crippen molar-refractivity contribution in [3.63, 3.8) is 0 Å². The molecule has 1 spiro atoms. The van der Waals surface area contributed by atoms with E-state index in [9.17, 15) is 4.79 Å². The van der Waals surface area contributed by atoms with Crippen molar-refractivity contribution in [2.45, 2.75) is 31.5 Å². The summed E-state index contributed by atoms with van der Waals surface area (Å²) in [5.41, 5.74) is 2.35. The van der Waals surface area contributed by atoms with Gasteiger partial charge in [0.15, 0.2) is 17.1 Å². The van der Waals surface area contributed by atoms with E-state index in [2.05, 4.69) is 29.0 Å². The third-order valence-electron chi connectivity index (χ3n) is 6.79. The molecule has 0 N–H and O–H groups in total. The molecular formula is C27H30N2O5. The Morgan fingerprint density at radius 2 is 1.85 bits per heavy atom. The Kier molecular flexibility index (Phi) is 5.96. The van der Waals surface area contributed by atoms with Crippen molar-refractivity contribution in [2.75, 3.05) is 33.9 Å². The maximum atomic E-state index is 13.3. The molecule has 1 saturated heterocycles. The molecule has 0 saturated carbocycles. The van der Waals surface area contributed by atoms with E-state index in [1.807, 2.05) is 30.0 Å². The molecule has 0 unspecified atom stereocenters. The summed E-state index contributed by atoms with van der Waals surface area (Å²) in [5, 5.41) is 0. The van der Waals surface area contributed by atoms with Crippen LogP contribution in [-0.4, -0.2) is 55.4 Å². The highest BCUT2D eigenvalue weighted by atomic mass is 16.5. The molecule has 3 heterocycles. The van der Waals surface area contributed by atoms with Crippen LogP contribution >= 0.6 is 0 Å².